The zero-order valence-corrected chi connectivity index (χ0v) is 27.1. The van der Waals surface area contributed by atoms with E-state index >= 15 is 0 Å². The number of thioether (sulfide) groups is 2. The molecule has 0 aliphatic carbocycles. The van der Waals surface area contributed by atoms with Gasteiger partial charge in [0.05, 0.1) is 0 Å². The third-order valence-electron chi connectivity index (χ3n) is 10.5. The average molecular weight is 625 g/mol. The molecule has 0 N–H and O–H groups in total. The molecule has 2 heterocycles. The van der Waals surface area contributed by atoms with Gasteiger partial charge < -0.3 is 0 Å². The van der Waals surface area contributed by atoms with Gasteiger partial charge >= 0.3 is 0 Å². The molecule has 2 heteroatoms. The molecule has 10 rings (SSSR count). The van der Waals surface area contributed by atoms with Gasteiger partial charge in [-0.2, -0.15) is 0 Å². The van der Waals surface area contributed by atoms with Crippen LogP contribution in [0.15, 0.2) is 140 Å². The van der Waals surface area contributed by atoms with Crippen molar-refractivity contribution in [1.82, 2.24) is 0 Å². The number of fused-ring (bicyclic) bond motifs is 12. The van der Waals surface area contributed by atoms with Gasteiger partial charge in [0, 0.05) is 20.7 Å². The van der Waals surface area contributed by atoms with E-state index in [9.17, 15) is 0 Å². The van der Waals surface area contributed by atoms with Gasteiger partial charge in [0.1, 0.15) is 0 Å². The van der Waals surface area contributed by atoms with Gasteiger partial charge in [-0.05, 0) is 95.0 Å². The molecule has 1 fully saturated rings. The highest BCUT2D eigenvalue weighted by molar-refractivity contribution is 8.10. The van der Waals surface area contributed by atoms with Gasteiger partial charge in [0.2, 0.25) is 0 Å². The quantitative estimate of drug-likeness (QED) is 0.179. The zero-order valence-electron chi connectivity index (χ0n) is 25.4. The van der Waals surface area contributed by atoms with Crippen LogP contribution in [0, 0.1) is 0 Å². The SMILES string of the molecule is C1=C(c2cccc3c4ccccc4c4ccccc4c23)SC(C2CCC(c3cccc4c5ccccc5c5ccccc5c34)S2)C1. The predicted molar refractivity (Wildman–Crippen MR) is 205 cm³/mol. The van der Waals surface area contributed by atoms with Crippen LogP contribution < -0.4 is 0 Å². The summed E-state index contributed by atoms with van der Waals surface area (Å²) >= 11 is 4.38. The van der Waals surface area contributed by atoms with Crippen molar-refractivity contribution in [3.63, 3.8) is 0 Å². The maximum atomic E-state index is 2.54. The van der Waals surface area contributed by atoms with Crippen LogP contribution >= 0.6 is 23.5 Å². The first kappa shape index (κ1) is 26.9. The molecule has 46 heavy (non-hydrogen) atoms. The third kappa shape index (κ3) is 4.03. The van der Waals surface area contributed by atoms with Crippen molar-refractivity contribution in [2.75, 3.05) is 0 Å². The van der Waals surface area contributed by atoms with Gasteiger partial charge in [-0.15, -0.1) is 23.5 Å². The number of allylic oxidation sites excluding steroid dienone is 1. The molecular weight excluding hydrogens is 593 g/mol. The van der Waals surface area contributed by atoms with Crippen molar-refractivity contribution in [3.05, 3.63) is 151 Å². The van der Waals surface area contributed by atoms with E-state index in [1.165, 1.54) is 93.5 Å². The smallest absolute Gasteiger partial charge is 0.0307 e. The zero-order chi connectivity index (χ0) is 30.2. The number of rotatable bonds is 3. The van der Waals surface area contributed by atoms with E-state index in [-0.39, 0.29) is 0 Å². The van der Waals surface area contributed by atoms with Crippen molar-refractivity contribution < 1.29 is 0 Å². The Morgan fingerprint density at radius 1 is 0.413 bits per heavy atom. The van der Waals surface area contributed by atoms with Crippen LogP contribution in [0.5, 0.6) is 0 Å². The molecule has 0 radical (unpaired) electrons. The molecule has 8 aromatic rings. The first-order valence-electron chi connectivity index (χ1n) is 16.5. The lowest BCUT2D eigenvalue weighted by molar-refractivity contribution is 0.716. The second kappa shape index (κ2) is 10.7. The minimum absolute atomic E-state index is 0.524. The Kier molecular flexibility index (Phi) is 6.24. The molecule has 3 atom stereocenters. The van der Waals surface area contributed by atoms with E-state index < -0.39 is 0 Å². The van der Waals surface area contributed by atoms with Crippen LogP contribution in [0.3, 0.4) is 0 Å². The van der Waals surface area contributed by atoms with Crippen molar-refractivity contribution in [3.8, 4) is 0 Å². The minimum Gasteiger partial charge on any atom is -0.149 e. The molecule has 2 aliphatic rings. The van der Waals surface area contributed by atoms with Crippen molar-refractivity contribution in [1.29, 1.82) is 0 Å². The van der Waals surface area contributed by atoms with E-state index in [2.05, 4.69) is 163 Å². The van der Waals surface area contributed by atoms with Gasteiger partial charge in [-0.25, -0.2) is 0 Å². The molecule has 0 saturated carbocycles. The van der Waals surface area contributed by atoms with E-state index in [1.54, 1.807) is 0 Å². The molecular formula is C44H32S2. The van der Waals surface area contributed by atoms with Crippen LogP contribution in [-0.2, 0) is 0 Å². The molecule has 0 spiro atoms. The Bertz CT molecular complexity index is 2450. The van der Waals surface area contributed by atoms with Crippen molar-refractivity contribution in [2.45, 2.75) is 35.0 Å². The summed E-state index contributed by atoms with van der Waals surface area (Å²) < 4.78 is 0. The number of hydrogen-bond acceptors (Lipinski definition) is 2. The van der Waals surface area contributed by atoms with Crippen molar-refractivity contribution >= 4 is 93.1 Å². The normalized spacial score (nSPS) is 20.1. The first-order valence-corrected chi connectivity index (χ1v) is 18.3. The van der Waals surface area contributed by atoms with Crippen LogP contribution in [0.2, 0.25) is 0 Å². The lowest BCUT2D eigenvalue weighted by Crippen LogP contribution is -2.13. The Morgan fingerprint density at radius 3 is 1.43 bits per heavy atom. The summed E-state index contributed by atoms with van der Waals surface area (Å²) in [7, 11) is 0. The molecule has 2 aliphatic heterocycles. The fourth-order valence-electron chi connectivity index (χ4n) is 8.46. The molecule has 0 amide bonds. The molecule has 8 aromatic carbocycles. The molecule has 0 bridgehead atoms. The Morgan fingerprint density at radius 2 is 0.870 bits per heavy atom. The fourth-order valence-corrected chi connectivity index (χ4v) is 11.7. The highest BCUT2D eigenvalue weighted by Crippen LogP contribution is 2.55. The van der Waals surface area contributed by atoms with Gasteiger partial charge in [0.15, 0.2) is 0 Å². The Labute approximate surface area is 277 Å². The largest absolute Gasteiger partial charge is 0.149 e. The summed E-state index contributed by atoms with van der Waals surface area (Å²) in [5.74, 6) is 0. The monoisotopic (exact) mass is 624 g/mol. The fraction of sp³-hybridized carbons (Fsp3) is 0.136. The van der Waals surface area contributed by atoms with E-state index in [1.807, 2.05) is 0 Å². The minimum atomic E-state index is 0.524. The maximum Gasteiger partial charge on any atom is 0.0307 e. The Balaban J connectivity index is 1.00. The van der Waals surface area contributed by atoms with Crippen molar-refractivity contribution in [2.24, 2.45) is 0 Å². The highest BCUT2D eigenvalue weighted by Gasteiger charge is 2.36. The summed E-state index contributed by atoms with van der Waals surface area (Å²) in [4.78, 5) is 1.46. The second-order valence-corrected chi connectivity index (χ2v) is 15.6. The van der Waals surface area contributed by atoms with Crippen LogP contribution in [-0.4, -0.2) is 10.5 Å². The van der Waals surface area contributed by atoms with Gasteiger partial charge in [0.25, 0.3) is 0 Å². The second-order valence-electron chi connectivity index (χ2n) is 12.9. The van der Waals surface area contributed by atoms with E-state index in [0.29, 0.717) is 15.7 Å². The topological polar surface area (TPSA) is 0 Å². The lowest BCUT2D eigenvalue weighted by atomic mass is 9.90. The summed E-state index contributed by atoms with van der Waals surface area (Å²) in [6.45, 7) is 0. The van der Waals surface area contributed by atoms with Gasteiger partial charge in [-0.1, -0.05) is 140 Å². The maximum absolute atomic E-state index is 2.54. The molecule has 0 nitrogen and oxygen atoms in total. The number of benzene rings is 8. The van der Waals surface area contributed by atoms with Gasteiger partial charge in [-0.3, -0.25) is 0 Å². The van der Waals surface area contributed by atoms with Crippen LogP contribution in [0.25, 0.3) is 69.5 Å². The predicted octanol–water partition coefficient (Wildman–Crippen LogP) is 13.1. The number of hydrogen-bond donors (Lipinski definition) is 0. The van der Waals surface area contributed by atoms with Crippen LogP contribution in [0.4, 0.5) is 0 Å². The Hall–Kier alpha value is -4.24. The lowest BCUT2D eigenvalue weighted by Gasteiger charge is -2.21. The standard InChI is InChI=1S/C44H32S2/c1-3-13-31-27(11-1)29-15-5-7-17-33(29)43-35(31)19-9-21-37(43)39-23-25-41(45-39)42-26-24-40(46-42)38-22-10-20-36-32-14-4-2-12-28(32)30-16-6-8-18-34(30)44(36)38/h1-23,40-42H,24-26H2. The highest BCUT2D eigenvalue weighted by atomic mass is 32.2. The first-order chi connectivity index (χ1) is 22.8. The van der Waals surface area contributed by atoms with E-state index in [0.717, 1.165) is 6.42 Å². The summed E-state index contributed by atoms with van der Waals surface area (Å²) in [5, 5.41) is 18.3. The van der Waals surface area contributed by atoms with Crippen LogP contribution in [0.1, 0.15) is 35.6 Å². The molecule has 220 valence electrons. The summed E-state index contributed by atoms with van der Waals surface area (Å²) in [6, 6.07) is 49.9. The molecule has 3 unspecified atom stereocenters. The third-order valence-corrected chi connectivity index (χ3v) is 13.8. The summed E-state index contributed by atoms with van der Waals surface area (Å²) in [5.41, 5.74) is 2.93. The molecule has 1 saturated heterocycles. The molecule has 0 aromatic heterocycles. The average Bonchev–Trinajstić information content (AvgIpc) is 3.82. The van der Waals surface area contributed by atoms with E-state index in [4.69, 9.17) is 0 Å². The summed E-state index contributed by atoms with van der Waals surface area (Å²) in [6.07, 6.45) is 6.21.